The number of nitrogens with zero attached hydrogens (tertiary/aromatic N) is 4. The van der Waals surface area contributed by atoms with Crippen LogP contribution < -0.4 is 0 Å². The second-order valence-electron chi connectivity index (χ2n) is 7.48. The van der Waals surface area contributed by atoms with E-state index in [1.54, 1.807) is 6.20 Å². The quantitative estimate of drug-likeness (QED) is 0.575. The zero-order chi connectivity index (χ0) is 18.6. The van der Waals surface area contributed by atoms with Crippen molar-refractivity contribution in [3.8, 4) is 0 Å². The summed E-state index contributed by atoms with van der Waals surface area (Å²) in [7, 11) is 1.99. The Bertz CT molecular complexity index is 607. The standard InChI is InChI=1S/C17H26Cl2N4O2/c1-17(2,3)25-16(24)23-8-6-5-7-13(23)11-22(4)10-12-9-20-15(19)21-14(12)18/h9,13H,5-8,10-11H2,1-4H3/t13-/m0/s1. The summed E-state index contributed by atoms with van der Waals surface area (Å²) in [5, 5.41) is 0.499. The Morgan fingerprint density at radius 2 is 2.12 bits per heavy atom. The maximum atomic E-state index is 12.5. The van der Waals surface area contributed by atoms with Gasteiger partial charge in [-0.25, -0.2) is 14.8 Å². The van der Waals surface area contributed by atoms with E-state index in [1.165, 1.54) is 0 Å². The van der Waals surface area contributed by atoms with Gasteiger partial charge in [-0.15, -0.1) is 0 Å². The van der Waals surface area contributed by atoms with E-state index in [1.807, 2.05) is 32.7 Å². The van der Waals surface area contributed by atoms with Gasteiger partial charge in [-0.05, 0) is 58.7 Å². The number of carbonyl (C=O) groups excluding carboxylic acids is 1. The zero-order valence-corrected chi connectivity index (χ0v) is 16.8. The lowest BCUT2D eigenvalue weighted by Gasteiger charge is -2.38. The van der Waals surface area contributed by atoms with Gasteiger partial charge in [0.25, 0.3) is 0 Å². The van der Waals surface area contributed by atoms with Crippen LogP contribution in [-0.4, -0.2) is 57.6 Å². The molecular formula is C17H26Cl2N4O2. The maximum Gasteiger partial charge on any atom is 0.410 e. The Morgan fingerprint density at radius 1 is 1.40 bits per heavy atom. The number of piperidine rings is 1. The summed E-state index contributed by atoms with van der Waals surface area (Å²) >= 11 is 11.9. The molecule has 1 fully saturated rings. The topological polar surface area (TPSA) is 58.6 Å². The summed E-state index contributed by atoms with van der Waals surface area (Å²) in [4.78, 5) is 24.4. The average molecular weight is 389 g/mol. The summed E-state index contributed by atoms with van der Waals surface area (Å²) in [5.41, 5.74) is 0.326. The normalized spacial score (nSPS) is 18.5. The Balaban J connectivity index is 1.99. The lowest BCUT2D eigenvalue weighted by atomic mass is 10.0. The van der Waals surface area contributed by atoms with E-state index < -0.39 is 5.60 Å². The van der Waals surface area contributed by atoms with Gasteiger partial charge in [-0.3, -0.25) is 4.90 Å². The molecule has 0 radical (unpaired) electrons. The van der Waals surface area contributed by atoms with Crippen LogP contribution in [0.25, 0.3) is 0 Å². The van der Waals surface area contributed by atoms with Gasteiger partial charge in [0.05, 0.1) is 0 Å². The van der Waals surface area contributed by atoms with Crippen molar-refractivity contribution in [2.45, 2.75) is 58.2 Å². The molecule has 1 saturated heterocycles. The van der Waals surface area contributed by atoms with Gasteiger partial charge in [-0.1, -0.05) is 11.6 Å². The molecule has 1 aliphatic heterocycles. The van der Waals surface area contributed by atoms with Crippen molar-refractivity contribution in [1.82, 2.24) is 19.8 Å². The van der Waals surface area contributed by atoms with E-state index in [9.17, 15) is 4.79 Å². The van der Waals surface area contributed by atoms with E-state index in [-0.39, 0.29) is 17.4 Å². The molecule has 1 aliphatic rings. The van der Waals surface area contributed by atoms with Crippen LogP contribution >= 0.6 is 23.2 Å². The van der Waals surface area contributed by atoms with Crippen LogP contribution in [0.4, 0.5) is 4.79 Å². The minimum Gasteiger partial charge on any atom is -0.444 e. The first-order valence-electron chi connectivity index (χ1n) is 8.51. The monoisotopic (exact) mass is 388 g/mol. The zero-order valence-electron chi connectivity index (χ0n) is 15.3. The third-order valence-electron chi connectivity index (χ3n) is 4.00. The molecule has 140 valence electrons. The van der Waals surface area contributed by atoms with Crippen molar-refractivity contribution in [1.29, 1.82) is 0 Å². The van der Waals surface area contributed by atoms with Crippen LogP contribution in [0, 0.1) is 0 Å². The molecule has 0 bridgehead atoms. The van der Waals surface area contributed by atoms with Gasteiger partial charge in [0.15, 0.2) is 0 Å². The minimum absolute atomic E-state index is 0.126. The number of rotatable bonds is 4. The molecular weight excluding hydrogens is 363 g/mol. The molecule has 25 heavy (non-hydrogen) atoms. The highest BCUT2D eigenvalue weighted by Gasteiger charge is 2.31. The van der Waals surface area contributed by atoms with E-state index in [0.717, 1.165) is 37.9 Å². The molecule has 1 aromatic heterocycles. The first-order valence-corrected chi connectivity index (χ1v) is 9.26. The van der Waals surface area contributed by atoms with Crippen molar-refractivity contribution in [2.75, 3.05) is 20.1 Å². The highest BCUT2D eigenvalue weighted by atomic mass is 35.5. The second kappa shape index (κ2) is 8.52. The number of halogens is 2. The molecule has 2 heterocycles. The fourth-order valence-corrected chi connectivity index (χ4v) is 3.30. The molecule has 0 spiro atoms. The molecule has 1 amide bonds. The number of amides is 1. The van der Waals surface area contributed by atoms with Gasteiger partial charge >= 0.3 is 6.09 Å². The molecule has 0 N–H and O–H groups in total. The number of hydrogen-bond donors (Lipinski definition) is 0. The van der Waals surface area contributed by atoms with Crippen LogP contribution in [0.3, 0.4) is 0 Å². The van der Waals surface area contributed by atoms with Crippen molar-refractivity contribution in [3.63, 3.8) is 0 Å². The van der Waals surface area contributed by atoms with Crippen LogP contribution in [0.5, 0.6) is 0 Å². The summed E-state index contributed by atoms with van der Waals surface area (Å²) in [6.45, 7) is 7.72. The predicted octanol–water partition coefficient (Wildman–Crippen LogP) is 4.00. The highest BCUT2D eigenvalue weighted by Crippen LogP contribution is 2.22. The van der Waals surface area contributed by atoms with Gasteiger partial charge in [0, 0.05) is 37.4 Å². The third-order valence-corrected chi connectivity index (χ3v) is 4.51. The molecule has 0 unspecified atom stereocenters. The van der Waals surface area contributed by atoms with E-state index >= 15 is 0 Å². The van der Waals surface area contributed by atoms with Crippen LogP contribution in [0.15, 0.2) is 6.20 Å². The number of likely N-dealkylation sites (N-methyl/N-ethyl adjacent to an activating group) is 1. The van der Waals surface area contributed by atoms with E-state index in [0.29, 0.717) is 11.7 Å². The van der Waals surface area contributed by atoms with Gasteiger partial charge in [-0.2, -0.15) is 0 Å². The first kappa shape index (κ1) is 20.2. The molecule has 0 aliphatic carbocycles. The van der Waals surface area contributed by atoms with Gasteiger partial charge in [0.1, 0.15) is 10.8 Å². The fraction of sp³-hybridized carbons (Fsp3) is 0.706. The van der Waals surface area contributed by atoms with Crippen molar-refractivity contribution in [2.24, 2.45) is 0 Å². The first-order chi connectivity index (χ1) is 11.7. The van der Waals surface area contributed by atoms with E-state index in [2.05, 4.69) is 14.9 Å². The Morgan fingerprint density at radius 3 is 2.76 bits per heavy atom. The molecule has 1 aromatic rings. The predicted molar refractivity (Wildman–Crippen MR) is 99.0 cm³/mol. The van der Waals surface area contributed by atoms with Gasteiger partial charge < -0.3 is 9.64 Å². The summed E-state index contributed by atoms with van der Waals surface area (Å²) in [5.74, 6) is 0. The van der Waals surface area contributed by atoms with Crippen molar-refractivity contribution < 1.29 is 9.53 Å². The number of aromatic nitrogens is 2. The van der Waals surface area contributed by atoms with Crippen molar-refractivity contribution in [3.05, 3.63) is 22.2 Å². The molecule has 2 rings (SSSR count). The molecule has 0 aromatic carbocycles. The van der Waals surface area contributed by atoms with Gasteiger partial charge in [0.2, 0.25) is 5.28 Å². The van der Waals surface area contributed by atoms with Crippen LogP contribution in [0.1, 0.15) is 45.6 Å². The SMILES string of the molecule is CN(Cc1cnc(Cl)nc1Cl)C[C@@H]1CCCCN1C(=O)OC(C)(C)C. The Hall–Kier alpha value is -1.11. The smallest absolute Gasteiger partial charge is 0.410 e. The Kier molecular flexibility index (Phi) is 6.88. The lowest BCUT2D eigenvalue weighted by molar-refractivity contribution is 0.00586. The minimum atomic E-state index is -0.487. The maximum absolute atomic E-state index is 12.5. The van der Waals surface area contributed by atoms with Crippen LogP contribution in [-0.2, 0) is 11.3 Å². The van der Waals surface area contributed by atoms with Crippen molar-refractivity contribution >= 4 is 29.3 Å². The lowest BCUT2D eigenvalue weighted by Crippen LogP contribution is -2.50. The second-order valence-corrected chi connectivity index (χ2v) is 8.17. The molecule has 8 heteroatoms. The fourth-order valence-electron chi connectivity index (χ4n) is 2.94. The highest BCUT2D eigenvalue weighted by molar-refractivity contribution is 6.32. The molecule has 6 nitrogen and oxygen atoms in total. The summed E-state index contributed by atoms with van der Waals surface area (Å²) in [6.07, 6.45) is 4.49. The largest absolute Gasteiger partial charge is 0.444 e. The van der Waals surface area contributed by atoms with Crippen LogP contribution in [0.2, 0.25) is 10.4 Å². The summed E-state index contributed by atoms with van der Waals surface area (Å²) in [6, 6.07) is 0.126. The number of ether oxygens (including phenoxy) is 1. The Labute approximate surface area is 159 Å². The van der Waals surface area contributed by atoms with E-state index in [4.69, 9.17) is 27.9 Å². The number of likely N-dealkylation sites (tertiary alicyclic amines) is 1. The average Bonchev–Trinajstić information content (AvgIpc) is 2.49. The third kappa shape index (κ3) is 6.28. The summed E-state index contributed by atoms with van der Waals surface area (Å²) < 4.78 is 5.55. The molecule has 1 atom stereocenters. The molecule has 0 saturated carbocycles. The number of hydrogen-bond acceptors (Lipinski definition) is 5. The number of carbonyl (C=O) groups is 1.